The van der Waals surface area contributed by atoms with Gasteiger partial charge in [-0.05, 0) is 75.2 Å². The molecule has 0 aliphatic carbocycles. The monoisotopic (exact) mass is 434 g/mol. The Morgan fingerprint density at radius 2 is 1.66 bits per heavy atom. The van der Waals surface area contributed by atoms with E-state index in [2.05, 4.69) is 10.4 Å². The molecular weight excluding hydrogens is 404 g/mol. The maximum atomic E-state index is 12.8. The number of nitrogens with one attached hydrogen (secondary N) is 1. The first kappa shape index (κ1) is 21.9. The van der Waals surface area contributed by atoms with Gasteiger partial charge < -0.3 is 15.0 Å². The van der Waals surface area contributed by atoms with E-state index in [1.165, 1.54) is 0 Å². The van der Waals surface area contributed by atoms with Crippen molar-refractivity contribution in [3.63, 3.8) is 0 Å². The lowest BCUT2D eigenvalue weighted by molar-refractivity contribution is 0.0698. The van der Waals surface area contributed by atoms with Crippen LogP contribution in [-0.2, 0) is 0 Å². The van der Waals surface area contributed by atoms with E-state index in [0.29, 0.717) is 30.8 Å². The number of anilines is 1. The minimum Gasteiger partial charge on any atom is -0.494 e. The number of hydrazone groups is 1. The molecule has 2 amide bonds. The summed E-state index contributed by atoms with van der Waals surface area (Å²) in [6, 6.07) is 14.9. The molecule has 0 saturated carbocycles. The van der Waals surface area contributed by atoms with E-state index in [0.717, 1.165) is 43.0 Å². The number of likely N-dealkylation sites (tertiary alicyclic amines) is 1. The Bertz CT molecular complexity index is 977. The van der Waals surface area contributed by atoms with Gasteiger partial charge in [0.2, 0.25) is 0 Å². The van der Waals surface area contributed by atoms with Gasteiger partial charge in [0.1, 0.15) is 5.75 Å². The topological polar surface area (TPSA) is 74.2 Å². The van der Waals surface area contributed by atoms with Gasteiger partial charge in [-0.3, -0.25) is 14.6 Å². The van der Waals surface area contributed by atoms with Crippen LogP contribution in [0.25, 0.3) is 0 Å². The third-order valence-corrected chi connectivity index (χ3v) is 5.93. The summed E-state index contributed by atoms with van der Waals surface area (Å²) < 4.78 is 5.44. The second kappa shape index (κ2) is 9.85. The summed E-state index contributed by atoms with van der Waals surface area (Å²) in [6.45, 7) is 6.69. The second-order valence-electron chi connectivity index (χ2n) is 8.25. The minimum absolute atomic E-state index is 0.0215. The van der Waals surface area contributed by atoms with Crippen molar-refractivity contribution in [2.45, 2.75) is 39.2 Å². The highest BCUT2D eigenvalue weighted by Gasteiger charge is 2.25. The molecule has 0 radical (unpaired) electrons. The Labute approximate surface area is 189 Å². The fraction of sp³-hybridized carbons (Fsp3) is 0.400. The largest absolute Gasteiger partial charge is 0.494 e. The summed E-state index contributed by atoms with van der Waals surface area (Å²) >= 11 is 0. The maximum Gasteiger partial charge on any atom is 0.253 e. The van der Waals surface area contributed by atoms with E-state index in [1.54, 1.807) is 12.1 Å². The summed E-state index contributed by atoms with van der Waals surface area (Å²) in [5, 5.41) is 9.58. The number of ether oxygens (including phenoxy) is 1. The number of rotatable bonds is 6. The van der Waals surface area contributed by atoms with Crippen molar-refractivity contribution in [1.29, 1.82) is 0 Å². The molecule has 0 atom stereocenters. The van der Waals surface area contributed by atoms with Gasteiger partial charge in [0.15, 0.2) is 0 Å². The van der Waals surface area contributed by atoms with Gasteiger partial charge in [0, 0.05) is 48.9 Å². The molecule has 0 bridgehead atoms. The van der Waals surface area contributed by atoms with Crippen LogP contribution in [0.3, 0.4) is 0 Å². The standard InChI is InChI=1S/C25H30N4O3/c1-3-32-23-10-6-20(7-11-23)25(31)28-15-13-21(14-16-28)26-24(30)19-4-8-22(9-5-19)29-17-12-18(2)27-29/h4-11,21H,3,12-17H2,1-2H3,(H,26,30). The highest BCUT2D eigenvalue weighted by atomic mass is 16.5. The molecule has 2 aliphatic heterocycles. The van der Waals surface area contributed by atoms with Crippen LogP contribution >= 0.6 is 0 Å². The smallest absolute Gasteiger partial charge is 0.253 e. The predicted molar refractivity (Wildman–Crippen MR) is 126 cm³/mol. The second-order valence-corrected chi connectivity index (χ2v) is 8.25. The molecule has 1 saturated heterocycles. The van der Waals surface area contributed by atoms with Crippen LogP contribution < -0.4 is 15.1 Å². The molecule has 32 heavy (non-hydrogen) atoms. The molecule has 7 nitrogen and oxygen atoms in total. The lowest BCUT2D eigenvalue weighted by atomic mass is 10.0. The highest BCUT2D eigenvalue weighted by Crippen LogP contribution is 2.21. The Hall–Kier alpha value is -3.35. The van der Waals surface area contributed by atoms with E-state index in [4.69, 9.17) is 4.74 Å². The quantitative estimate of drug-likeness (QED) is 0.752. The molecule has 168 valence electrons. The number of piperidine rings is 1. The number of hydrogen-bond acceptors (Lipinski definition) is 5. The van der Waals surface area contributed by atoms with Crippen molar-refractivity contribution >= 4 is 23.2 Å². The van der Waals surface area contributed by atoms with Gasteiger partial charge in [-0.1, -0.05) is 0 Å². The number of nitrogens with zero attached hydrogens (tertiary/aromatic N) is 3. The minimum atomic E-state index is -0.0751. The first-order valence-corrected chi connectivity index (χ1v) is 11.3. The molecule has 0 spiro atoms. The van der Waals surface area contributed by atoms with Gasteiger partial charge in [0.25, 0.3) is 11.8 Å². The zero-order valence-corrected chi connectivity index (χ0v) is 18.7. The van der Waals surface area contributed by atoms with Crippen molar-refractivity contribution in [3.05, 3.63) is 59.7 Å². The molecule has 1 fully saturated rings. The highest BCUT2D eigenvalue weighted by molar-refractivity contribution is 5.95. The molecule has 7 heteroatoms. The molecule has 4 rings (SSSR count). The van der Waals surface area contributed by atoms with Crippen molar-refractivity contribution in [1.82, 2.24) is 10.2 Å². The molecular formula is C25H30N4O3. The molecule has 2 heterocycles. The van der Waals surface area contributed by atoms with Crippen LogP contribution in [0.4, 0.5) is 5.69 Å². The number of benzene rings is 2. The zero-order valence-electron chi connectivity index (χ0n) is 18.7. The van der Waals surface area contributed by atoms with E-state index in [-0.39, 0.29) is 17.9 Å². The third-order valence-electron chi connectivity index (χ3n) is 5.93. The fourth-order valence-corrected chi connectivity index (χ4v) is 4.08. The predicted octanol–water partition coefficient (Wildman–Crippen LogP) is 3.71. The lowest BCUT2D eigenvalue weighted by Crippen LogP contribution is -2.46. The Morgan fingerprint density at radius 1 is 1.00 bits per heavy atom. The molecule has 0 unspecified atom stereocenters. The van der Waals surface area contributed by atoms with Crippen LogP contribution in [0.2, 0.25) is 0 Å². The number of carbonyl (C=O) groups is 2. The van der Waals surface area contributed by atoms with Crippen LogP contribution in [0.5, 0.6) is 5.75 Å². The fourth-order valence-electron chi connectivity index (χ4n) is 4.08. The summed E-state index contributed by atoms with van der Waals surface area (Å²) in [7, 11) is 0. The molecule has 2 aliphatic rings. The van der Waals surface area contributed by atoms with Gasteiger partial charge in [-0.25, -0.2) is 0 Å². The van der Waals surface area contributed by atoms with Gasteiger partial charge in [-0.15, -0.1) is 0 Å². The third kappa shape index (κ3) is 5.10. The molecule has 2 aromatic rings. The maximum absolute atomic E-state index is 12.8. The van der Waals surface area contributed by atoms with Gasteiger partial charge in [-0.2, -0.15) is 5.10 Å². The van der Waals surface area contributed by atoms with E-state index < -0.39 is 0 Å². The van der Waals surface area contributed by atoms with Gasteiger partial charge in [0.05, 0.1) is 12.3 Å². The zero-order chi connectivity index (χ0) is 22.5. The van der Waals surface area contributed by atoms with Crippen LogP contribution in [0.1, 0.15) is 53.8 Å². The van der Waals surface area contributed by atoms with Crippen molar-refractivity contribution in [2.24, 2.45) is 5.10 Å². The SMILES string of the molecule is CCOc1ccc(C(=O)N2CCC(NC(=O)c3ccc(N4CCC(C)=N4)cc3)CC2)cc1. The van der Waals surface area contributed by atoms with Crippen molar-refractivity contribution < 1.29 is 14.3 Å². The number of carbonyl (C=O) groups excluding carboxylic acids is 2. The normalized spacial score (nSPS) is 16.6. The van der Waals surface area contributed by atoms with Crippen LogP contribution in [0, 0.1) is 0 Å². The van der Waals surface area contributed by atoms with E-state index in [9.17, 15) is 9.59 Å². The first-order valence-electron chi connectivity index (χ1n) is 11.3. The average Bonchev–Trinajstić information content (AvgIpc) is 3.26. The summed E-state index contributed by atoms with van der Waals surface area (Å²) in [6.07, 6.45) is 2.46. The molecule has 2 aromatic carbocycles. The van der Waals surface area contributed by atoms with Gasteiger partial charge >= 0.3 is 0 Å². The number of amides is 2. The van der Waals surface area contributed by atoms with Crippen LogP contribution in [0.15, 0.2) is 53.6 Å². The first-order chi connectivity index (χ1) is 15.5. The Balaban J connectivity index is 1.27. The summed E-state index contributed by atoms with van der Waals surface area (Å²) in [5.41, 5.74) is 3.42. The van der Waals surface area contributed by atoms with E-state index >= 15 is 0 Å². The molecule has 1 N–H and O–H groups in total. The van der Waals surface area contributed by atoms with Crippen molar-refractivity contribution in [3.8, 4) is 5.75 Å². The average molecular weight is 435 g/mol. The van der Waals surface area contributed by atoms with Crippen LogP contribution in [-0.4, -0.2) is 54.7 Å². The Morgan fingerprint density at radius 3 is 2.25 bits per heavy atom. The Kier molecular flexibility index (Phi) is 6.73. The summed E-state index contributed by atoms with van der Waals surface area (Å²) in [5.74, 6) is 0.712. The van der Waals surface area contributed by atoms with E-state index in [1.807, 2.05) is 60.2 Å². The number of hydrogen-bond donors (Lipinski definition) is 1. The van der Waals surface area contributed by atoms with Crippen molar-refractivity contribution in [2.75, 3.05) is 31.3 Å². The lowest BCUT2D eigenvalue weighted by Gasteiger charge is -2.32. The molecule has 0 aromatic heterocycles. The summed E-state index contributed by atoms with van der Waals surface area (Å²) in [4.78, 5) is 27.3.